The van der Waals surface area contributed by atoms with E-state index in [-0.39, 0.29) is 5.56 Å². The monoisotopic (exact) mass is 293 g/mol. The van der Waals surface area contributed by atoms with Gasteiger partial charge >= 0.3 is 0 Å². The Morgan fingerprint density at radius 2 is 2.24 bits per heavy atom. The predicted octanol–water partition coefficient (Wildman–Crippen LogP) is 2.10. The van der Waals surface area contributed by atoms with Crippen LogP contribution in [-0.2, 0) is 6.54 Å². The van der Waals surface area contributed by atoms with Gasteiger partial charge in [-0.05, 0) is 34.1 Å². The molecule has 0 atom stereocenters. The van der Waals surface area contributed by atoms with Crippen LogP contribution in [0.25, 0.3) is 0 Å². The zero-order valence-corrected chi connectivity index (χ0v) is 10.9. The zero-order valence-electron chi connectivity index (χ0n) is 9.35. The third kappa shape index (κ3) is 2.94. The average Bonchev–Trinajstić information content (AvgIpc) is 2.34. The van der Waals surface area contributed by atoms with Crippen LogP contribution in [0, 0.1) is 0 Å². The lowest BCUT2D eigenvalue weighted by molar-refractivity contribution is 0.737. The first-order valence-electron chi connectivity index (χ1n) is 5.18. The number of hydrogen-bond acceptors (Lipinski definition) is 3. The standard InChI is InChI=1S/C12H12BrN3O/c1-14-10-4-5-15-11(6-10)8-16-7-9(13)2-3-12(16)17/h2-7H,8H2,1H3,(H,14,15). The number of nitrogens with zero attached hydrogens (tertiary/aromatic N) is 2. The van der Waals surface area contributed by atoms with E-state index in [0.717, 1.165) is 15.9 Å². The highest BCUT2D eigenvalue weighted by Crippen LogP contribution is 2.09. The second-order valence-electron chi connectivity index (χ2n) is 3.60. The van der Waals surface area contributed by atoms with Gasteiger partial charge < -0.3 is 9.88 Å². The van der Waals surface area contributed by atoms with E-state index in [1.54, 1.807) is 23.0 Å². The molecule has 0 saturated carbocycles. The number of halogens is 1. The van der Waals surface area contributed by atoms with Crippen molar-refractivity contribution < 1.29 is 0 Å². The van der Waals surface area contributed by atoms with Gasteiger partial charge in [0.05, 0.1) is 12.2 Å². The molecule has 0 unspecified atom stereocenters. The van der Waals surface area contributed by atoms with Crippen molar-refractivity contribution in [3.8, 4) is 0 Å². The van der Waals surface area contributed by atoms with Crippen molar-refractivity contribution in [2.24, 2.45) is 0 Å². The van der Waals surface area contributed by atoms with Crippen LogP contribution in [0.5, 0.6) is 0 Å². The maximum Gasteiger partial charge on any atom is 0.250 e. The van der Waals surface area contributed by atoms with Crippen molar-refractivity contribution >= 4 is 21.6 Å². The van der Waals surface area contributed by atoms with E-state index in [9.17, 15) is 4.79 Å². The summed E-state index contributed by atoms with van der Waals surface area (Å²) < 4.78 is 2.49. The molecule has 5 heteroatoms. The van der Waals surface area contributed by atoms with Crippen LogP contribution in [0.3, 0.4) is 0 Å². The highest BCUT2D eigenvalue weighted by Gasteiger charge is 2.01. The lowest BCUT2D eigenvalue weighted by Crippen LogP contribution is -2.19. The van der Waals surface area contributed by atoms with E-state index in [4.69, 9.17) is 0 Å². The van der Waals surface area contributed by atoms with Crippen LogP contribution in [0.4, 0.5) is 5.69 Å². The molecule has 0 aliphatic rings. The maximum atomic E-state index is 11.6. The van der Waals surface area contributed by atoms with Crippen LogP contribution in [0.1, 0.15) is 5.69 Å². The van der Waals surface area contributed by atoms with E-state index >= 15 is 0 Å². The van der Waals surface area contributed by atoms with Crippen LogP contribution in [-0.4, -0.2) is 16.6 Å². The molecule has 0 spiro atoms. The molecule has 0 amide bonds. The van der Waals surface area contributed by atoms with Gasteiger partial charge in [-0.1, -0.05) is 0 Å². The Labute approximate surface area is 107 Å². The van der Waals surface area contributed by atoms with Crippen molar-refractivity contribution in [3.63, 3.8) is 0 Å². The topological polar surface area (TPSA) is 46.9 Å². The summed E-state index contributed by atoms with van der Waals surface area (Å²) in [5, 5.41) is 3.04. The van der Waals surface area contributed by atoms with Crippen molar-refractivity contribution in [1.82, 2.24) is 9.55 Å². The molecular weight excluding hydrogens is 282 g/mol. The smallest absolute Gasteiger partial charge is 0.250 e. The average molecular weight is 294 g/mol. The third-order valence-electron chi connectivity index (χ3n) is 2.38. The fourth-order valence-electron chi connectivity index (χ4n) is 1.52. The first-order valence-corrected chi connectivity index (χ1v) is 5.97. The Kier molecular flexibility index (Phi) is 3.58. The highest BCUT2D eigenvalue weighted by atomic mass is 79.9. The Hall–Kier alpha value is -1.62. The van der Waals surface area contributed by atoms with Crippen LogP contribution >= 0.6 is 15.9 Å². The van der Waals surface area contributed by atoms with Gasteiger partial charge in [0, 0.05) is 35.7 Å². The molecule has 0 aliphatic carbocycles. The molecule has 88 valence electrons. The number of rotatable bonds is 3. The molecule has 0 radical (unpaired) electrons. The molecular formula is C12H12BrN3O. The molecule has 1 N–H and O–H groups in total. The SMILES string of the molecule is CNc1ccnc(Cn2cc(Br)ccc2=O)c1. The summed E-state index contributed by atoms with van der Waals surface area (Å²) in [4.78, 5) is 15.9. The van der Waals surface area contributed by atoms with Gasteiger partial charge in [0.15, 0.2) is 0 Å². The Bertz CT molecular complexity index is 580. The van der Waals surface area contributed by atoms with E-state index < -0.39 is 0 Å². The maximum absolute atomic E-state index is 11.6. The van der Waals surface area contributed by atoms with Crippen molar-refractivity contribution in [2.75, 3.05) is 12.4 Å². The number of anilines is 1. The molecule has 2 aromatic rings. The van der Waals surface area contributed by atoms with E-state index in [1.807, 2.05) is 19.2 Å². The Morgan fingerprint density at radius 1 is 1.41 bits per heavy atom. The van der Waals surface area contributed by atoms with Crippen LogP contribution < -0.4 is 10.9 Å². The van der Waals surface area contributed by atoms with Gasteiger partial charge in [0.1, 0.15) is 0 Å². The number of hydrogen-bond donors (Lipinski definition) is 1. The summed E-state index contributed by atoms with van der Waals surface area (Å²) in [6.45, 7) is 0.466. The van der Waals surface area contributed by atoms with E-state index in [1.165, 1.54) is 6.07 Å². The Morgan fingerprint density at radius 3 is 3.00 bits per heavy atom. The summed E-state index contributed by atoms with van der Waals surface area (Å²) in [6.07, 6.45) is 3.49. The van der Waals surface area contributed by atoms with E-state index in [0.29, 0.717) is 6.54 Å². The fraction of sp³-hybridized carbons (Fsp3) is 0.167. The van der Waals surface area contributed by atoms with Gasteiger partial charge in [0.25, 0.3) is 5.56 Å². The van der Waals surface area contributed by atoms with Crippen molar-refractivity contribution in [2.45, 2.75) is 6.54 Å². The van der Waals surface area contributed by atoms with Crippen molar-refractivity contribution in [1.29, 1.82) is 0 Å². The van der Waals surface area contributed by atoms with Gasteiger partial charge in [-0.15, -0.1) is 0 Å². The fourth-order valence-corrected chi connectivity index (χ4v) is 1.90. The minimum Gasteiger partial charge on any atom is -0.388 e. The summed E-state index contributed by atoms with van der Waals surface area (Å²) in [5.41, 5.74) is 1.79. The minimum absolute atomic E-state index is 0.0372. The number of aromatic nitrogens is 2. The molecule has 2 rings (SSSR count). The zero-order chi connectivity index (χ0) is 12.3. The second-order valence-corrected chi connectivity index (χ2v) is 4.51. The molecule has 0 bridgehead atoms. The first-order chi connectivity index (χ1) is 8.19. The third-order valence-corrected chi connectivity index (χ3v) is 2.85. The minimum atomic E-state index is -0.0372. The van der Waals surface area contributed by atoms with Crippen LogP contribution in [0.2, 0.25) is 0 Å². The van der Waals surface area contributed by atoms with Gasteiger partial charge in [0.2, 0.25) is 0 Å². The second kappa shape index (κ2) is 5.14. The molecule has 4 nitrogen and oxygen atoms in total. The lowest BCUT2D eigenvalue weighted by atomic mass is 10.3. The van der Waals surface area contributed by atoms with Crippen LogP contribution in [0.15, 0.2) is 45.9 Å². The quantitative estimate of drug-likeness (QED) is 0.943. The predicted molar refractivity (Wildman–Crippen MR) is 71.3 cm³/mol. The van der Waals surface area contributed by atoms with Crippen molar-refractivity contribution in [3.05, 3.63) is 57.2 Å². The van der Waals surface area contributed by atoms with E-state index in [2.05, 4.69) is 26.2 Å². The summed E-state index contributed by atoms with van der Waals surface area (Å²) in [7, 11) is 1.85. The lowest BCUT2D eigenvalue weighted by Gasteiger charge is -2.07. The number of nitrogens with one attached hydrogen (secondary N) is 1. The van der Waals surface area contributed by atoms with Gasteiger partial charge in [-0.25, -0.2) is 0 Å². The highest BCUT2D eigenvalue weighted by molar-refractivity contribution is 9.10. The van der Waals surface area contributed by atoms with Gasteiger partial charge in [-0.3, -0.25) is 9.78 Å². The molecule has 2 heterocycles. The summed E-state index contributed by atoms with van der Waals surface area (Å²) in [5.74, 6) is 0. The largest absolute Gasteiger partial charge is 0.388 e. The molecule has 0 saturated heterocycles. The summed E-state index contributed by atoms with van der Waals surface area (Å²) in [6, 6.07) is 7.07. The molecule has 0 aromatic carbocycles. The normalized spacial score (nSPS) is 10.2. The first kappa shape index (κ1) is 11.9. The molecule has 0 fully saturated rings. The molecule has 17 heavy (non-hydrogen) atoms. The van der Waals surface area contributed by atoms with Gasteiger partial charge in [-0.2, -0.15) is 0 Å². The number of pyridine rings is 2. The Balaban J connectivity index is 2.31. The molecule has 0 aliphatic heterocycles. The summed E-state index contributed by atoms with van der Waals surface area (Å²) >= 11 is 3.35. The molecule has 2 aromatic heterocycles.